The lowest BCUT2D eigenvalue weighted by atomic mass is 10.2. The average Bonchev–Trinajstić information content (AvgIpc) is 2.04. The zero-order chi connectivity index (χ0) is 9.14. The number of hydrogen-bond donors (Lipinski definition) is 0. The van der Waals surface area contributed by atoms with Gasteiger partial charge in [0.1, 0.15) is 4.90 Å². The number of aryl methyl sites for hydroxylation is 1. The van der Waals surface area contributed by atoms with Crippen LogP contribution in [0.1, 0.15) is 5.56 Å². The fraction of sp³-hybridized carbons (Fsp3) is 0.125. The van der Waals surface area contributed by atoms with Gasteiger partial charge in [0.15, 0.2) is 6.72 Å². The highest BCUT2D eigenvalue weighted by Crippen LogP contribution is 2.07. The van der Waals surface area contributed by atoms with E-state index in [0.29, 0.717) is 4.90 Å². The second kappa shape index (κ2) is 3.49. The van der Waals surface area contributed by atoms with Crippen molar-refractivity contribution in [3.05, 3.63) is 35.0 Å². The maximum absolute atomic E-state index is 11.1. The van der Waals surface area contributed by atoms with Gasteiger partial charge < -0.3 is 5.21 Å². The predicted octanol–water partition coefficient (Wildman–Crippen LogP) is 1.23. The van der Waals surface area contributed by atoms with Crippen LogP contribution in [0, 0.1) is 12.1 Å². The summed E-state index contributed by atoms with van der Waals surface area (Å²) in [7, 11) is -1.68. The van der Waals surface area contributed by atoms with Crippen molar-refractivity contribution in [1.29, 1.82) is 0 Å². The Labute approximate surface area is 73.5 Å². The molecular formula is C8H9NO2S. The van der Waals surface area contributed by atoms with Gasteiger partial charge in [-0.15, -0.1) is 4.14 Å². The van der Waals surface area contributed by atoms with Gasteiger partial charge >= 0.3 is 11.0 Å². The first-order chi connectivity index (χ1) is 5.61. The zero-order valence-corrected chi connectivity index (χ0v) is 7.50. The third-order valence-electron chi connectivity index (χ3n) is 1.41. The van der Waals surface area contributed by atoms with E-state index in [9.17, 15) is 9.42 Å². The molecule has 1 aromatic rings. The summed E-state index contributed by atoms with van der Waals surface area (Å²) < 4.78 is 11.3. The lowest BCUT2D eigenvalue weighted by Crippen LogP contribution is -2.04. The fourth-order valence-corrected chi connectivity index (χ4v) is 1.38. The molecule has 0 N–H and O–H groups in total. The molecule has 0 bridgehead atoms. The molecule has 1 unspecified atom stereocenters. The molecule has 0 heterocycles. The Hall–Kier alpha value is -1.16. The molecule has 0 radical (unpaired) electrons. The largest absolute Gasteiger partial charge is 0.610 e. The molecular weight excluding hydrogens is 174 g/mol. The third-order valence-corrected chi connectivity index (χ3v) is 2.45. The molecule has 0 amide bonds. The summed E-state index contributed by atoms with van der Waals surface area (Å²) in [5.74, 6) is 0. The summed E-state index contributed by atoms with van der Waals surface area (Å²) in [6, 6.07) is 6.91. The molecule has 0 saturated heterocycles. The SMILES string of the molecule is C=[N+]([O-])S(=O)c1ccc(C)cc1. The van der Waals surface area contributed by atoms with Crippen molar-refractivity contribution in [2.75, 3.05) is 0 Å². The summed E-state index contributed by atoms with van der Waals surface area (Å²) in [5, 5.41) is 10.5. The molecule has 12 heavy (non-hydrogen) atoms. The van der Waals surface area contributed by atoms with E-state index in [2.05, 4.69) is 6.72 Å². The first-order valence-electron chi connectivity index (χ1n) is 3.37. The third kappa shape index (κ3) is 1.92. The maximum Gasteiger partial charge on any atom is 0.326 e. The van der Waals surface area contributed by atoms with Gasteiger partial charge in [-0.1, -0.05) is 17.7 Å². The Morgan fingerprint density at radius 2 is 1.92 bits per heavy atom. The minimum absolute atomic E-state index is 0.185. The lowest BCUT2D eigenvalue weighted by molar-refractivity contribution is -0.258. The minimum atomic E-state index is -1.68. The Morgan fingerprint density at radius 1 is 1.42 bits per heavy atom. The summed E-state index contributed by atoms with van der Waals surface area (Å²) in [4.78, 5) is 0.477. The first kappa shape index (κ1) is 8.93. The number of nitrogens with zero attached hydrogens (tertiary/aromatic N) is 1. The zero-order valence-electron chi connectivity index (χ0n) is 6.69. The summed E-state index contributed by atoms with van der Waals surface area (Å²) in [6.07, 6.45) is 0. The van der Waals surface area contributed by atoms with E-state index in [4.69, 9.17) is 0 Å². The molecule has 0 spiro atoms. The van der Waals surface area contributed by atoms with Gasteiger partial charge in [0, 0.05) is 0 Å². The van der Waals surface area contributed by atoms with Crippen molar-refractivity contribution in [2.45, 2.75) is 11.8 Å². The molecule has 1 atom stereocenters. The van der Waals surface area contributed by atoms with Crippen LogP contribution in [0.4, 0.5) is 0 Å². The molecule has 1 aromatic carbocycles. The van der Waals surface area contributed by atoms with E-state index in [1.165, 1.54) is 0 Å². The van der Waals surface area contributed by atoms with Gasteiger partial charge in [-0.05, 0) is 19.1 Å². The van der Waals surface area contributed by atoms with E-state index in [-0.39, 0.29) is 4.14 Å². The van der Waals surface area contributed by atoms with Crippen LogP contribution >= 0.6 is 0 Å². The van der Waals surface area contributed by atoms with Gasteiger partial charge in [-0.3, -0.25) is 0 Å². The monoisotopic (exact) mass is 183 g/mol. The molecule has 1 rings (SSSR count). The van der Waals surface area contributed by atoms with E-state index in [1.807, 2.05) is 6.92 Å². The van der Waals surface area contributed by atoms with Crippen molar-refractivity contribution in [3.8, 4) is 0 Å². The van der Waals surface area contributed by atoms with Gasteiger partial charge in [0.05, 0.1) is 0 Å². The van der Waals surface area contributed by atoms with Crippen molar-refractivity contribution in [3.63, 3.8) is 0 Å². The van der Waals surface area contributed by atoms with Crippen molar-refractivity contribution in [1.82, 2.24) is 0 Å². The van der Waals surface area contributed by atoms with Crippen LogP contribution in [-0.2, 0) is 11.0 Å². The molecule has 0 saturated carbocycles. The highest BCUT2D eigenvalue weighted by Gasteiger charge is 2.08. The number of rotatable bonds is 2. The number of hydrogen-bond acceptors (Lipinski definition) is 2. The molecule has 4 heteroatoms. The van der Waals surface area contributed by atoms with Crippen LogP contribution < -0.4 is 0 Å². The van der Waals surface area contributed by atoms with E-state index in [1.54, 1.807) is 24.3 Å². The molecule has 3 nitrogen and oxygen atoms in total. The average molecular weight is 183 g/mol. The summed E-state index contributed by atoms with van der Waals surface area (Å²) in [5.41, 5.74) is 1.07. The predicted molar refractivity (Wildman–Crippen MR) is 48.3 cm³/mol. The summed E-state index contributed by atoms with van der Waals surface area (Å²) in [6.45, 7) is 4.94. The van der Waals surface area contributed by atoms with E-state index in [0.717, 1.165) is 5.56 Å². The smallest absolute Gasteiger partial charge is 0.326 e. The molecule has 0 aromatic heterocycles. The number of benzene rings is 1. The van der Waals surface area contributed by atoms with Crippen LogP contribution in [-0.4, -0.2) is 15.1 Å². The highest BCUT2D eigenvalue weighted by atomic mass is 32.2. The standard InChI is InChI=1S/C8H9NO2S/c1-7-3-5-8(6-4-7)12(11)9(2)10/h3-6H,2H2,1H3. The second-order valence-electron chi connectivity index (χ2n) is 2.39. The van der Waals surface area contributed by atoms with E-state index >= 15 is 0 Å². The van der Waals surface area contributed by atoms with Gasteiger partial charge in [-0.25, -0.2) is 0 Å². The molecule has 0 aliphatic heterocycles. The first-order valence-corrected chi connectivity index (χ1v) is 4.48. The van der Waals surface area contributed by atoms with Crippen LogP contribution in [0.3, 0.4) is 0 Å². The Kier molecular flexibility index (Phi) is 2.60. The van der Waals surface area contributed by atoms with Crippen molar-refractivity contribution in [2.24, 2.45) is 0 Å². The van der Waals surface area contributed by atoms with E-state index < -0.39 is 11.0 Å². The fourth-order valence-electron chi connectivity index (χ4n) is 0.772. The Balaban J connectivity index is 2.98. The van der Waals surface area contributed by atoms with Crippen LogP contribution in [0.25, 0.3) is 0 Å². The van der Waals surface area contributed by atoms with Crippen molar-refractivity contribution >= 4 is 17.7 Å². The second-order valence-corrected chi connectivity index (χ2v) is 3.77. The molecule has 0 aliphatic carbocycles. The van der Waals surface area contributed by atoms with Gasteiger partial charge in [0.25, 0.3) is 0 Å². The van der Waals surface area contributed by atoms with Gasteiger partial charge in [-0.2, -0.15) is 4.21 Å². The van der Waals surface area contributed by atoms with Crippen molar-refractivity contribution < 1.29 is 8.35 Å². The summed E-state index contributed by atoms with van der Waals surface area (Å²) >= 11 is 0. The quantitative estimate of drug-likeness (QED) is 0.299. The topological polar surface area (TPSA) is 43.1 Å². The normalized spacial score (nSPS) is 12.4. The molecule has 0 aliphatic rings. The van der Waals surface area contributed by atoms with Crippen LogP contribution in [0.2, 0.25) is 0 Å². The van der Waals surface area contributed by atoms with Gasteiger partial charge in [0.2, 0.25) is 0 Å². The lowest BCUT2D eigenvalue weighted by Gasteiger charge is -1.99. The Morgan fingerprint density at radius 3 is 2.33 bits per heavy atom. The Bertz CT molecular complexity index is 318. The molecule has 0 fully saturated rings. The highest BCUT2D eigenvalue weighted by molar-refractivity contribution is 7.79. The minimum Gasteiger partial charge on any atom is -0.610 e. The van der Waals surface area contributed by atoms with Crippen LogP contribution in [0.5, 0.6) is 0 Å². The maximum atomic E-state index is 11.1. The van der Waals surface area contributed by atoms with Crippen LogP contribution in [0.15, 0.2) is 29.2 Å². The molecule has 64 valence electrons.